The summed E-state index contributed by atoms with van der Waals surface area (Å²) in [6.45, 7) is -0.925. The van der Waals surface area contributed by atoms with Gasteiger partial charge >= 0.3 is 6.18 Å². The van der Waals surface area contributed by atoms with Gasteiger partial charge in [0.25, 0.3) is 0 Å². The molecule has 0 spiro atoms. The van der Waals surface area contributed by atoms with Crippen LogP contribution >= 0.6 is 0 Å². The highest BCUT2D eigenvalue weighted by Gasteiger charge is 2.41. The largest absolute Gasteiger partial charge is 0.394 e. The minimum absolute atomic E-state index is 0.242. The Hall–Kier alpha value is -1.56. The Bertz CT molecular complexity index is 473. The molecule has 1 aliphatic rings. The fraction of sp³-hybridized carbons (Fsp3) is 0.462. The van der Waals surface area contributed by atoms with Gasteiger partial charge in [-0.3, -0.25) is 4.79 Å². The van der Waals surface area contributed by atoms with Crippen LogP contribution in [0.25, 0.3) is 0 Å². The molecule has 19 heavy (non-hydrogen) atoms. The van der Waals surface area contributed by atoms with Crippen molar-refractivity contribution in [3.05, 3.63) is 29.8 Å². The van der Waals surface area contributed by atoms with Crippen molar-refractivity contribution in [3.63, 3.8) is 0 Å². The molecule has 1 amide bonds. The number of para-hydroxylation sites is 1. The number of alkyl halides is 3. The minimum Gasteiger partial charge on any atom is -0.330 e. The van der Waals surface area contributed by atoms with Crippen molar-refractivity contribution < 1.29 is 18.0 Å². The predicted octanol–water partition coefficient (Wildman–Crippen LogP) is 2.10. The molecule has 1 heterocycles. The van der Waals surface area contributed by atoms with Crippen molar-refractivity contribution in [1.29, 1.82) is 0 Å². The molecule has 0 aromatic heterocycles. The predicted molar refractivity (Wildman–Crippen MR) is 65.7 cm³/mol. The summed E-state index contributed by atoms with van der Waals surface area (Å²) >= 11 is 0. The van der Waals surface area contributed by atoms with Crippen LogP contribution in [0, 0.1) is 5.92 Å². The molecule has 104 valence electrons. The quantitative estimate of drug-likeness (QED) is 0.916. The van der Waals surface area contributed by atoms with Gasteiger partial charge in [-0.2, -0.15) is 13.2 Å². The van der Waals surface area contributed by atoms with Crippen molar-refractivity contribution >= 4 is 11.6 Å². The molecule has 1 atom stereocenters. The molecule has 3 nitrogen and oxygen atoms in total. The van der Waals surface area contributed by atoms with Crippen LogP contribution in [0.5, 0.6) is 0 Å². The number of carbonyl (C=O) groups is 1. The highest BCUT2D eigenvalue weighted by molar-refractivity contribution is 5.96. The van der Waals surface area contributed by atoms with Gasteiger partial charge in [-0.15, -0.1) is 0 Å². The van der Waals surface area contributed by atoms with Crippen LogP contribution in [0.15, 0.2) is 24.3 Å². The van der Waals surface area contributed by atoms with Crippen LogP contribution in [0.2, 0.25) is 0 Å². The van der Waals surface area contributed by atoms with E-state index in [1.165, 1.54) is 4.90 Å². The summed E-state index contributed by atoms with van der Waals surface area (Å²) in [7, 11) is 0. The lowest BCUT2D eigenvalue weighted by molar-refractivity contribution is -0.169. The monoisotopic (exact) mass is 272 g/mol. The molecule has 6 heteroatoms. The van der Waals surface area contributed by atoms with Gasteiger partial charge in [0.05, 0.1) is 5.92 Å². The van der Waals surface area contributed by atoms with Crippen LogP contribution in [-0.4, -0.2) is 25.2 Å². The number of nitrogens with zero attached hydrogens (tertiary/aromatic N) is 1. The summed E-state index contributed by atoms with van der Waals surface area (Å²) in [5.74, 6) is -1.97. The first-order valence-electron chi connectivity index (χ1n) is 6.08. The Morgan fingerprint density at radius 3 is 2.58 bits per heavy atom. The molecule has 0 saturated heterocycles. The molecule has 0 bridgehead atoms. The number of halogens is 3. The second kappa shape index (κ2) is 5.21. The van der Waals surface area contributed by atoms with E-state index < -0.39 is 25.2 Å². The van der Waals surface area contributed by atoms with Crippen molar-refractivity contribution in [2.45, 2.75) is 19.0 Å². The summed E-state index contributed by atoms with van der Waals surface area (Å²) in [4.78, 5) is 13.1. The molecule has 2 N–H and O–H groups in total. The van der Waals surface area contributed by atoms with Gasteiger partial charge in [0.15, 0.2) is 0 Å². The number of aryl methyl sites for hydroxylation is 1. The van der Waals surface area contributed by atoms with Crippen molar-refractivity contribution in [3.8, 4) is 0 Å². The highest BCUT2D eigenvalue weighted by atomic mass is 19.4. The van der Waals surface area contributed by atoms with Gasteiger partial charge in [0.2, 0.25) is 5.91 Å². The zero-order valence-electron chi connectivity index (χ0n) is 10.3. The third kappa shape index (κ3) is 2.89. The Morgan fingerprint density at radius 1 is 1.26 bits per heavy atom. The molecule has 0 aliphatic carbocycles. The zero-order chi connectivity index (χ0) is 14.0. The van der Waals surface area contributed by atoms with Crippen LogP contribution in [0.1, 0.15) is 12.0 Å². The first-order chi connectivity index (χ1) is 8.93. The van der Waals surface area contributed by atoms with E-state index in [0.29, 0.717) is 12.1 Å². The van der Waals surface area contributed by atoms with E-state index in [0.717, 1.165) is 5.56 Å². The molecule has 1 aliphatic heterocycles. The molecule has 0 fully saturated rings. The zero-order valence-corrected chi connectivity index (χ0v) is 10.3. The number of carbonyl (C=O) groups excluding carboxylic acids is 1. The topological polar surface area (TPSA) is 46.3 Å². The van der Waals surface area contributed by atoms with Gasteiger partial charge in [-0.05, 0) is 18.1 Å². The molecule has 1 aromatic carbocycles. The number of nitrogens with two attached hydrogens (primary N) is 1. The summed E-state index contributed by atoms with van der Waals surface area (Å²) in [5.41, 5.74) is 6.66. The minimum atomic E-state index is -4.39. The highest BCUT2D eigenvalue weighted by Crippen LogP contribution is 2.32. The van der Waals surface area contributed by atoms with E-state index >= 15 is 0 Å². The van der Waals surface area contributed by atoms with Gasteiger partial charge in [0.1, 0.15) is 0 Å². The van der Waals surface area contributed by atoms with E-state index in [1.807, 2.05) is 12.1 Å². The lowest BCUT2D eigenvalue weighted by atomic mass is 9.99. The third-order valence-electron chi connectivity index (χ3n) is 3.34. The maximum atomic E-state index is 12.8. The van der Waals surface area contributed by atoms with Gasteiger partial charge in [-0.25, -0.2) is 0 Å². The Labute approximate surface area is 109 Å². The second-order valence-corrected chi connectivity index (χ2v) is 4.61. The Kier molecular flexibility index (Phi) is 3.80. The van der Waals surface area contributed by atoms with Gasteiger partial charge in [-0.1, -0.05) is 18.2 Å². The lowest BCUT2D eigenvalue weighted by Crippen LogP contribution is -2.45. The standard InChI is InChI=1S/C13H15F3N2O/c14-13(15,16)10(7-17)8-18-11-4-2-1-3-9(11)5-6-12(18)19/h1-4,10H,5-8,17H2. The lowest BCUT2D eigenvalue weighted by Gasteiger charge is -2.32. The van der Waals surface area contributed by atoms with E-state index in [9.17, 15) is 18.0 Å². The number of hydrogen-bond acceptors (Lipinski definition) is 2. The smallest absolute Gasteiger partial charge is 0.330 e. The number of amides is 1. The number of anilines is 1. The molecule has 1 unspecified atom stereocenters. The fourth-order valence-corrected chi connectivity index (χ4v) is 2.23. The summed E-state index contributed by atoms with van der Waals surface area (Å²) in [6, 6.07) is 7.04. The molecule has 0 radical (unpaired) electrons. The van der Waals surface area contributed by atoms with E-state index in [-0.39, 0.29) is 12.3 Å². The molecule has 0 saturated carbocycles. The SMILES string of the molecule is NCC(CN1C(=O)CCc2ccccc21)C(F)(F)F. The van der Waals surface area contributed by atoms with E-state index in [1.54, 1.807) is 12.1 Å². The maximum absolute atomic E-state index is 12.8. The van der Waals surface area contributed by atoms with Crippen LogP contribution in [0.4, 0.5) is 18.9 Å². The summed E-state index contributed by atoms with van der Waals surface area (Å²) in [6.07, 6.45) is -3.57. The van der Waals surface area contributed by atoms with Gasteiger partial charge in [0, 0.05) is 25.2 Å². The molecular formula is C13H15F3N2O. The number of hydrogen-bond donors (Lipinski definition) is 1. The maximum Gasteiger partial charge on any atom is 0.394 e. The molecule has 2 rings (SSSR count). The van der Waals surface area contributed by atoms with Crippen LogP contribution in [0.3, 0.4) is 0 Å². The average molecular weight is 272 g/mol. The van der Waals surface area contributed by atoms with Crippen molar-refractivity contribution in [1.82, 2.24) is 0 Å². The van der Waals surface area contributed by atoms with Crippen molar-refractivity contribution in [2.75, 3.05) is 18.0 Å². The number of benzene rings is 1. The molecular weight excluding hydrogens is 257 g/mol. The van der Waals surface area contributed by atoms with Crippen LogP contribution in [-0.2, 0) is 11.2 Å². The summed E-state index contributed by atoms with van der Waals surface area (Å²) < 4.78 is 38.3. The third-order valence-corrected chi connectivity index (χ3v) is 3.34. The summed E-state index contributed by atoms with van der Waals surface area (Å²) in [5, 5.41) is 0. The average Bonchev–Trinajstić information content (AvgIpc) is 2.36. The fourth-order valence-electron chi connectivity index (χ4n) is 2.23. The Balaban J connectivity index is 2.26. The van der Waals surface area contributed by atoms with Crippen molar-refractivity contribution in [2.24, 2.45) is 11.7 Å². The number of rotatable bonds is 3. The Morgan fingerprint density at radius 2 is 1.95 bits per heavy atom. The first-order valence-corrected chi connectivity index (χ1v) is 6.08. The van der Waals surface area contributed by atoms with Gasteiger partial charge < -0.3 is 10.6 Å². The second-order valence-electron chi connectivity index (χ2n) is 4.61. The van der Waals surface area contributed by atoms with E-state index in [4.69, 9.17) is 5.73 Å². The number of fused-ring (bicyclic) bond motifs is 1. The van der Waals surface area contributed by atoms with E-state index in [2.05, 4.69) is 0 Å². The normalized spacial score (nSPS) is 17.3. The first kappa shape index (κ1) is 13.9. The van der Waals surface area contributed by atoms with Crippen LogP contribution < -0.4 is 10.6 Å². The molecule has 1 aromatic rings.